The van der Waals surface area contributed by atoms with Crippen molar-refractivity contribution < 1.29 is 14.7 Å². The molecule has 1 aromatic heterocycles. The summed E-state index contributed by atoms with van der Waals surface area (Å²) in [5.74, 6) is -0.581. The molecule has 1 amide bonds. The Bertz CT molecular complexity index is 644. The third kappa shape index (κ3) is 4.60. The molecule has 1 heterocycles. The summed E-state index contributed by atoms with van der Waals surface area (Å²) in [5, 5.41) is 8.85. The standard InChI is InChI=1S/C16H16N2O3S/c1-18(10-12-2-4-13(5-3-12)16(20)21)15(19)11-22-14-6-8-17-9-7-14/h2-9H,10-11H2,1H3,(H,20,21). The second-order valence-electron chi connectivity index (χ2n) is 4.72. The summed E-state index contributed by atoms with van der Waals surface area (Å²) < 4.78 is 0. The zero-order valence-corrected chi connectivity index (χ0v) is 12.9. The van der Waals surface area contributed by atoms with Crippen LogP contribution in [0.1, 0.15) is 15.9 Å². The van der Waals surface area contributed by atoms with Gasteiger partial charge in [0, 0.05) is 30.9 Å². The topological polar surface area (TPSA) is 70.5 Å². The Hall–Kier alpha value is -2.34. The molecule has 0 radical (unpaired) electrons. The predicted octanol–water partition coefficient (Wildman–Crippen LogP) is 2.53. The van der Waals surface area contributed by atoms with Crippen molar-refractivity contribution >= 4 is 23.6 Å². The highest BCUT2D eigenvalue weighted by atomic mass is 32.2. The number of carbonyl (C=O) groups excluding carboxylic acids is 1. The maximum Gasteiger partial charge on any atom is 0.335 e. The van der Waals surface area contributed by atoms with E-state index in [9.17, 15) is 9.59 Å². The summed E-state index contributed by atoms with van der Waals surface area (Å²) in [7, 11) is 1.74. The Morgan fingerprint density at radius 3 is 2.36 bits per heavy atom. The number of aromatic carboxylic acids is 1. The third-order valence-electron chi connectivity index (χ3n) is 3.06. The highest BCUT2D eigenvalue weighted by Crippen LogP contribution is 2.17. The number of amides is 1. The van der Waals surface area contributed by atoms with Crippen molar-refractivity contribution in [2.45, 2.75) is 11.4 Å². The van der Waals surface area contributed by atoms with E-state index in [0.717, 1.165) is 10.5 Å². The fourth-order valence-corrected chi connectivity index (χ4v) is 2.63. The van der Waals surface area contributed by atoms with Crippen LogP contribution in [0.15, 0.2) is 53.7 Å². The van der Waals surface area contributed by atoms with Gasteiger partial charge >= 0.3 is 5.97 Å². The van der Waals surface area contributed by atoms with Gasteiger partial charge in [-0.1, -0.05) is 12.1 Å². The first kappa shape index (κ1) is 16.0. The van der Waals surface area contributed by atoms with Crippen molar-refractivity contribution in [3.8, 4) is 0 Å². The fourth-order valence-electron chi connectivity index (χ4n) is 1.80. The molecule has 0 fully saturated rings. The van der Waals surface area contributed by atoms with Gasteiger partial charge in [0.1, 0.15) is 0 Å². The quantitative estimate of drug-likeness (QED) is 0.829. The number of hydrogen-bond acceptors (Lipinski definition) is 4. The lowest BCUT2D eigenvalue weighted by Crippen LogP contribution is -2.27. The van der Waals surface area contributed by atoms with Crippen molar-refractivity contribution in [3.63, 3.8) is 0 Å². The Morgan fingerprint density at radius 1 is 1.14 bits per heavy atom. The van der Waals surface area contributed by atoms with Crippen LogP contribution >= 0.6 is 11.8 Å². The lowest BCUT2D eigenvalue weighted by Gasteiger charge is -2.17. The minimum absolute atomic E-state index is 0.0177. The second kappa shape index (κ2) is 7.61. The zero-order valence-electron chi connectivity index (χ0n) is 12.1. The molecule has 0 bridgehead atoms. The lowest BCUT2D eigenvalue weighted by atomic mass is 10.1. The van der Waals surface area contributed by atoms with Crippen LogP contribution in [0.3, 0.4) is 0 Å². The fraction of sp³-hybridized carbons (Fsp3) is 0.188. The molecule has 0 unspecified atom stereocenters. The van der Waals surface area contributed by atoms with Crippen LogP contribution in [0.25, 0.3) is 0 Å². The molecular formula is C16H16N2O3S. The van der Waals surface area contributed by atoms with Gasteiger partial charge in [0.05, 0.1) is 11.3 Å². The Morgan fingerprint density at radius 2 is 1.77 bits per heavy atom. The third-order valence-corrected chi connectivity index (χ3v) is 4.06. The predicted molar refractivity (Wildman–Crippen MR) is 84.8 cm³/mol. The molecule has 22 heavy (non-hydrogen) atoms. The molecule has 0 saturated carbocycles. The highest BCUT2D eigenvalue weighted by Gasteiger charge is 2.10. The van der Waals surface area contributed by atoms with Crippen LogP contribution in [0.2, 0.25) is 0 Å². The lowest BCUT2D eigenvalue weighted by molar-refractivity contribution is -0.127. The van der Waals surface area contributed by atoms with Crippen molar-refractivity contribution in [2.24, 2.45) is 0 Å². The van der Waals surface area contributed by atoms with Crippen LogP contribution in [0.4, 0.5) is 0 Å². The number of benzene rings is 1. The van der Waals surface area contributed by atoms with Crippen LogP contribution in [-0.2, 0) is 11.3 Å². The van der Waals surface area contributed by atoms with Crippen molar-refractivity contribution in [1.82, 2.24) is 9.88 Å². The first-order chi connectivity index (χ1) is 10.6. The van der Waals surface area contributed by atoms with Gasteiger partial charge in [-0.2, -0.15) is 0 Å². The molecule has 0 aliphatic carbocycles. The van der Waals surface area contributed by atoms with Gasteiger partial charge in [0.2, 0.25) is 5.91 Å². The molecule has 114 valence electrons. The zero-order chi connectivity index (χ0) is 15.9. The SMILES string of the molecule is CN(Cc1ccc(C(=O)O)cc1)C(=O)CSc1ccncc1. The van der Waals surface area contributed by atoms with E-state index >= 15 is 0 Å². The summed E-state index contributed by atoms with van der Waals surface area (Å²) in [6.45, 7) is 0.454. The van der Waals surface area contributed by atoms with Crippen LogP contribution < -0.4 is 0 Å². The van der Waals surface area contributed by atoms with E-state index in [0.29, 0.717) is 12.3 Å². The second-order valence-corrected chi connectivity index (χ2v) is 5.77. The first-order valence-electron chi connectivity index (χ1n) is 6.65. The Kier molecular flexibility index (Phi) is 5.55. The van der Waals surface area contributed by atoms with E-state index in [-0.39, 0.29) is 11.5 Å². The van der Waals surface area contributed by atoms with E-state index in [2.05, 4.69) is 4.98 Å². The number of carboxylic acids is 1. The van der Waals surface area contributed by atoms with Crippen molar-refractivity contribution in [3.05, 3.63) is 59.9 Å². The van der Waals surface area contributed by atoms with Gasteiger partial charge in [0.25, 0.3) is 0 Å². The molecule has 0 atom stereocenters. The van der Waals surface area contributed by atoms with Gasteiger partial charge in [-0.05, 0) is 29.8 Å². The number of thioether (sulfide) groups is 1. The molecule has 2 aromatic rings. The van der Waals surface area contributed by atoms with Gasteiger partial charge in [-0.25, -0.2) is 4.79 Å². The van der Waals surface area contributed by atoms with Gasteiger partial charge in [0.15, 0.2) is 0 Å². The molecule has 0 saturated heterocycles. The van der Waals surface area contributed by atoms with E-state index in [4.69, 9.17) is 5.11 Å². The van der Waals surface area contributed by atoms with E-state index in [1.54, 1.807) is 48.6 Å². The number of nitrogens with zero attached hydrogens (tertiary/aromatic N) is 2. The maximum atomic E-state index is 12.1. The molecule has 1 N–H and O–H groups in total. The molecule has 0 aliphatic rings. The van der Waals surface area contributed by atoms with E-state index in [1.165, 1.54) is 11.8 Å². The molecule has 5 nitrogen and oxygen atoms in total. The van der Waals surface area contributed by atoms with Crippen LogP contribution in [0, 0.1) is 0 Å². The molecule has 6 heteroatoms. The van der Waals surface area contributed by atoms with Crippen LogP contribution in [-0.4, -0.2) is 39.7 Å². The summed E-state index contributed by atoms with van der Waals surface area (Å²) in [4.78, 5) is 29.4. The number of aromatic nitrogens is 1. The maximum absolute atomic E-state index is 12.1. The summed E-state index contributed by atoms with van der Waals surface area (Å²) >= 11 is 1.46. The average Bonchev–Trinajstić information content (AvgIpc) is 2.54. The number of hydrogen-bond donors (Lipinski definition) is 1. The van der Waals surface area contributed by atoms with Crippen LogP contribution in [0.5, 0.6) is 0 Å². The minimum atomic E-state index is -0.954. The molecule has 0 spiro atoms. The Labute approximate surface area is 133 Å². The largest absolute Gasteiger partial charge is 0.478 e. The monoisotopic (exact) mass is 316 g/mol. The summed E-state index contributed by atoms with van der Waals surface area (Å²) in [5.41, 5.74) is 1.14. The number of pyridine rings is 1. The van der Waals surface area contributed by atoms with Crippen molar-refractivity contribution in [2.75, 3.05) is 12.8 Å². The molecule has 1 aromatic carbocycles. The normalized spacial score (nSPS) is 10.2. The number of carbonyl (C=O) groups is 2. The number of carboxylic acid groups (broad SMARTS) is 1. The van der Waals surface area contributed by atoms with Gasteiger partial charge < -0.3 is 10.0 Å². The van der Waals surface area contributed by atoms with Crippen molar-refractivity contribution in [1.29, 1.82) is 0 Å². The van der Waals surface area contributed by atoms with E-state index < -0.39 is 5.97 Å². The van der Waals surface area contributed by atoms with Gasteiger partial charge in [-0.15, -0.1) is 11.8 Å². The van der Waals surface area contributed by atoms with Gasteiger partial charge in [-0.3, -0.25) is 9.78 Å². The summed E-state index contributed by atoms with van der Waals surface area (Å²) in [6.07, 6.45) is 3.39. The average molecular weight is 316 g/mol. The van der Waals surface area contributed by atoms with E-state index in [1.807, 2.05) is 12.1 Å². The smallest absolute Gasteiger partial charge is 0.335 e. The highest BCUT2D eigenvalue weighted by molar-refractivity contribution is 8.00. The molecule has 0 aliphatic heterocycles. The molecule has 2 rings (SSSR count). The first-order valence-corrected chi connectivity index (χ1v) is 7.64. The minimum Gasteiger partial charge on any atom is -0.478 e. The molecular weight excluding hydrogens is 300 g/mol. The Balaban J connectivity index is 1.86. The number of rotatable bonds is 6. The summed E-state index contributed by atoms with van der Waals surface area (Å²) in [6, 6.07) is 10.3.